The minimum atomic E-state index is -0.406. The van der Waals surface area contributed by atoms with Crippen molar-refractivity contribution < 1.29 is 9.90 Å². The normalized spacial score (nSPS) is 13.3. The van der Waals surface area contributed by atoms with Gasteiger partial charge in [-0.2, -0.15) is 5.10 Å². The highest BCUT2D eigenvalue weighted by Crippen LogP contribution is 2.16. The number of rotatable bonds is 7. The van der Waals surface area contributed by atoms with E-state index in [9.17, 15) is 4.79 Å². The van der Waals surface area contributed by atoms with Crippen LogP contribution in [-0.2, 0) is 6.54 Å². The standard InChI is InChI=1S/C17H25N5O2/c1-4-17(3,8-9-23)20-16(24)18-11-13-6-5-7-14(10-13)15-19-12(2)21-22-15/h5-7,10,23H,4,8-9,11H2,1-3H3,(H2,18,20,24)(H,19,21,22). The van der Waals surface area contributed by atoms with Crippen molar-refractivity contribution in [3.05, 3.63) is 35.7 Å². The molecule has 0 saturated carbocycles. The largest absolute Gasteiger partial charge is 0.396 e. The van der Waals surface area contributed by atoms with Crippen LogP contribution in [0.3, 0.4) is 0 Å². The van der Waals surface area contributed by atoms with Gasteiger partial charge < -0.3 is 15.7 Å². The fraction of sp³-hybridized carbons (Fsp3) is 0.471. The Bertz CT molecular complexity index is 685. The second-order valence-electron chi connectivity index (χ2n) is 6.14. The molecule has 0 saturated heterocycles. The molecule has 1 aromatic heterocycles. The molecule has 7 nitrogen and oxygen atoms in total. The molecular formula is C17H25N5O2. The first kappa shape index (κ1) is 17.9. The van der Waals surface area contributed by atoms with Gasteiger partial charge in [0.25, 0.3) is 0 Å². The van der Waals surface area contributed by atoms with E-state index in [1.54, 1.807) is 0 Å². The van der Waals surface area contributed by atoms with Gasteiger partial charge in [0.15, 0.2) is 5.82 Å². The molecule has 0 radical (unpaired) electrons. The molecule has 0 bridgehead atoms. The fourth-order valence-electron chi connectivity index (χ4n) is 2.37. The molecule has 1 heterocycles. The number of aryl methyl sites for hydroxylation is 1. The number of aromatic nitrogens is 3. The number of aliphatic hydroxyl groups excluding tert-OH is 1. The van der Waals surface area contributed by atoms with E-state index in [-0.39, 0.29) is 12.6 Å². The summed E-state index contributed by atoms with van der Waals surface area (Å²) in [6, 6.07) is 7.50. The number of aromatic amines is 1. The third-order valence-electron chi connectivity index (χ3n) is 4.09. The molecule has 0 aliphatic carbocycles. The number of nitrogens with zero attached hydrogens (tertiary/aromatic N) is 2. The average Bonchev–Trinajstić information content (AvgIpc) is 3.00. The van der Waals surface area contributed by atoms with Gasteiger partial charge in [0.05, 0.1) is 0 Å². The number of urea groups is 1. The number of H-pyrrole nitrogens is 1. The molecule has 2 rings (SSSR count). The molecule has 1 atom stereocenters. The summed E-state index contributed by atoms with van der Waals surface area (Å²) in [5, 5.41) is 21.8. The lowest BCUT2D eigenvalue weighted by Gasteiger charge is -2.29. The van der Waals surface area contributed by atoms with Gasteiger partial charge in [0.1, 0.15) is 5.82 Å². The number of carbonyl (C=O) groups is 1. The number of nitrogens with one attached hydrogen (secondary N) is 3. The highest BCUT2D eigenvalue weighted by molar-refractivity contribution is 5.74. The van der Waals surface area contributed by atoms with Crippen LogP contribution in [0.2, 0.25) is 0 Å². The summed E-state index contributed by atoms with van der Waals surface area (Å²) >= 11 is 0. The molecule has 24 heavy (non-hydrogen) atoms. The van der Waals surface area contributed by atoms with Crippen LogP contribution in [0.15, 0.2) is 24.3 Å². The zero-order valence-electron chi connectivity index (χ0n) is 14.4. The van der Waals surface area contributed by atoms with Crippen molar-refractivity contribution in [2.24, 2.45) is 0 Å². The summed E-state index contributed by atoms with van der Waals surface area (Å²) < 4.78 is 0. The van der Waals surface area contributed by atoms with Crippen LogP contribution < -0.4 is 10.6 Å². The fourth-order valence-corrected chi connectivity index (χ4v) is 2.37. The Morgan fingerprint density at radius 1 is 1.42 bits per heavy atom. The van der Waals surface area contributed by atoms with E-state index in [4.69, 9.17) is 5.11 Å². The minimum Gasteiger partial charge on any atom is -0.396 e. The first-order valence-electron chi connectivity index (χ1n) is 8.11. The second-order valence-corrected chi connectivity index (χ2v) is 6.14. The van der Waals surface area contributed by atoms with E-state index in [0.717, 1.165) is 23.4 Å². The molecule has 0 spiro atoms. The number of aliphatic hydroxyl groups is 1. The van der Waals surface area contributed by atoms with E-state index in [2.05, 4.69) is 25.8 Å². The third-order valence-corrected chi connectivity index (χ3v) is 4.09. The van der Waals surface area contributed by atoms with Gasteiger partial charge in [-0.1, -0.05) is 25.1 Å². The van der Waals surface area contributed by atoms with E-state index in [1.807, 2.05) is 45.0 Å². The van der Waals surface area contributed by atoms with Crippen LogP contribution >= 0.6 is 0 Å². The Balaban J connectivity index is 1.96. The number of hydrogen-bond acceptors (Lipinski definition) is 4. The Morgan fingerprint density at radius 3 is 2.83 bits per heavy atom. The predicted octanol–water partition coefficient (Wildman–Crippen LogP) is 2.13. The van der Waals surface area contributed by atoms with E-state index in [0.29, 0.717) is 18.8 Å². The lowest BCUT2D eigenvalue weighted by Crippen LogP contribution is -2.50. The van der Waals surface area contributed by atoms with E-state index in [1.165, 1.54) is 0 Å². The van der Waals surface area contributed by atoms with E-state index >= 15 is 0 Å². The molecule has 0 fully saturated rings. The third kappa shape index (κ3) is 4.79. The van der Waals surface area contributed by atoms with Crippen LogP contribution in [0, 0.1) is 6.92 Å². The Kier molecular flexibility index (Phi) is 5.92. The van der Waals surface area contributed by atoms with Crippen molar-refractivity contribution in [3.8, 4) is 11.4 Å². The van der Waals surface area contributed by atoms with Crippen molar-refractivity contribution in [2.75, 3.05) is 6.61 Å². The summed E-state index contributed by atoms with van der Waals surface area (Å²) in [4.78, 5) is 16.4. The van der Waals surface area contributed by atoms with Crippen molar-refractivity contribution in [2.45, 2.75) is 45.7 Å². The number of hydrogen-bond donors (Lipinski definition) is 4. The van der Waals surface area contributed by atoms with Gasteiger partial charge in [-0.15, -0.1) is 0 Å². The molecule has 7 heteroatoms. The van der Waals surface area contributed by atoms with Gasteiger partial charge in [-0.3, -0.25) is 5.10 Å². The zero-order chi connectivity index (χ0) is 17.6. The first-order chi connectivity index (χ1) is 11.5. The quantitative estimate of drug-likeness (QED) is 0.624. The Hall–Kier alpha value is -2.41. The van der Waals surface area contributed by atoms with Crippen LogP contribution in [0.5, 0.6) is 0 Å². The summed E-state index contributed by atoms with van der Waals surface area (Å²) in [6.45, 7) is 6.21. The van der Waals surface area contributed by atoms with Gasteiger partial charge >= 0.3 is 6.03 Å². The zero-order valence-corrected chi connectivity index (χ0v) is 14.4. The molecule has 4 N–H and O–H groups in total. The topological polar surface area (TPSA) is 103 Å². The smallest absolute Gasteiger partial charge is 0.315 e. The lowest BCUT2D eigenvalue weighted by atomic mass is 9.95. The van der Waals surface area contributed by atoms with Gasteiger partial charge in [0, 0.05) is 24.3 Å². The molecular weight excluding hydrogens is 306 g/mol. The maximum absolute atomic E-state index is 12.1. The highest BCUT2D eigenvalue weighted by Gasteiger charge is 2.23. The van der Waals surface area contributed by atoms with Crippen LogP contribution in [0.25, 0.3) is 11.4 Å². The molecule has 130 valence electrons. The molecule has 1 unspecified atom stereocenters. The maximum Gasteiger partial charge on any atom is 0.315 e. The SMILES string of the molecule is CCC(C)(CCO)NC(=O)NCc1cccc(-c2n[nH]c(C)n2)c1. The minimum absolute atomic E-state index is 0.0444. The first-order valence-corrected chi connectivity index (χ1v) is 8.11. The van der Waals surface area contributed by atoms with Crippen LogP contribution in [0.4, 0.5) is 4.79 Å². The summed E-state index contributed by atoms with van der Waals surface area (Å²) in [7, 11) is 0. The monoisotopic (exact) mass is 331 g/mol. The number of benzene rings is 1. The van der Waals surface area contributed by atoms with Gasteiger partial charge in [0.2, 0.25) is 0 Å². The van der Waals surface area contributed by atoms with Crippen LogP contribution in [-0.4, -0.2) is 38.5 Å². The summed E-state index contributed by atoms with van der Waals surface area (Å²) in [5.41, 5.74) is 1.46. The number of amides is 2. The molecule has 0 aliphatic heterocycles. The Morgan fingerprint density at radius 2 is 2.21 bits per heavy atom. The molecule has 1 aromatic carbocycles. The molecule has 2 amide bonds. The summed E-state index contributed by atoms with van der Waals surface area (Å²) in [6.07, 6.45) is 1.28. The highest BCUT2D eigenvalue weighted by atomic mass is 16.3. The molecule has 2 aromatic rings. The van der Waals surface area contributed by atoms with Gasteiger partial charge in [-0.25, -0.2) is 9.78 Å². The predicted molar refractivity (Wildman–Crippen MR) is 92.3 cm³/mol. The van der Waals surface area contributed by atoms with Crippen molar-refractivity contribution in [1.82, 2.24) is 25.8 Å². The second kappa shape index (κ2) is 7.92. The Labute approximate surface area is 141 Å². The van der Waals surface area contributed by atoms with Crippen molar-refractivity contribution in [3.63, 3.8) is 0 Å². The van der Waals surface area contributed by atoms with Gasteiger partial charge in [-0.05, 0) is 38.3 Å². The molecule has 0 aliphatic rings. The van der Waals surface area contributed by atoms with Crippen molar-refractivity contribution in [1.29, 1.82) is 0 Å². The van der Waals surface area contributed by atoms with Crippen molar-refractivity contribution >= 4 is 6.03 Å². The number of carbonyl (C=O) groups excluding carboxylic acids is 1. The van der Waals surface area contributed by atoms with Crippen LogP contribution in [0.1, 0.15) is 38.1 Å². The summed E-state index contributed by atoms with van der Waals surface area (Å²) in [5.74, 6) is 1.40. The van der Waals surface area contributed by atoms with E-state index < -0.39 is 5.54 Å². The average molecular weight is 331 g/mol. The lowest BCUT2D eigenvalue weighted by molar-refractivity contribution is 0.200. The maximum atomic E-state index is 12.1.